The quantitative estimate of drug-likeness (QED) is 0.737. The van der Waals surface area contributed by atoms with Gasteiger partial charge < -0.3 is 5.32 Å². The van der Waals surface area contributed by atoms with E-state index < -0.39 is 22.9 Å². The summed E-state index contributed by atoms with van der Waals surface area (Å²) < 4.78 is 39.7. The number of benzene rings is 1. The number of amides is 1. The predicted octanol–water partition coefficient (Wildman–Crippen LogP) is 5.24. The van der Waals surface area contributed by atoms with E-state index in [0.29, 0.717) is 4.34 Å². The second-order valence-corrected chi connectivity index (χ2v) is 7.57. The molecule has 9 heteroatoms. The molecule has 1 aromatic carbocycles. The number of thiazole rings is 1. The number of nitrogens with one attached hydrogen (secondary N) is 1. The number of carbonyl (C=O) groups excluding carboxylic acids is 1. The Labute approximate surface area is 144 Å². The fraction of sp³-hybridized carbons (Fsp3) is 0.286. The minimum Gasteiger partial charge on any atom is -0.325 e. The van der Waals surface area contributed by atoms with Crippen LogP contribution in [0.1, 0.15) is 18.2 Å². The van der Waals surface area contributed by atoms with E-state index in [1.807, 2.05) is 12.3 Å². The van der Waals surface area contributed by atoms with Crippen LogP contribution < -0.4 is 5.32 Å². The molecule has 1 heterocycles. The van der Waals surface area contributed by atoms with Crippen LogP contribution in [0, 0.1) is 6.92 Å². The zero-order valence-corrected chi connectivity index (χ0v) is 14.5. The minimum atomic E-state index is -4.60. The number of hydrogen-bond acceptors (Lipinski definition) is 4. The van der Waals surface area contributed by atoms with Crippen molar-refractivity contribution in [3.05, 3.63) is 39.9 Å². The van der Waals surface area contributed by atoms with Gasteiger partial charge in [-0.2, -0.15) is 13.2 Å². The number of anilines is 1. The lowest BCUT2D eigenvalue weighted by Crippen LogP contribution is -2.24. The Hall–Kier alpha value is -1.25. The van der Waals surface area contributed by atoms with Gasteiger partial charge in [-0.15, -0.1) is 11.3 Å². The van der Waals surface area contributed by atoms with Crippen molar-refractivity contribution in [1.82, 2.24) is 4.98 Å². The number of aromatic nitrogens is 1. The molecule has 0 spiro atoms. The second kappa shape index (κ2) is 7.11. The lowest BCUT2D eigenvalue weighted by Gasteiger charge is -2.16. The molecule has 23 heavy (non-hydrogen) atoms. The molecule has 0 fully saturated rings. The SMILES string of the molecule is Cc1csc(SC(C)C(=O)Nc2ccc(Cl)cc2C(F)(F)F)n1. The normalized spacial score (nSPS) is 13.0. The van der Waals surface area contributed by atoms with Crippen molar-refractivity contribution < 1.29 is 18.0 Å². The van der Waals surface area contributed by atoms with Gasteiger partial charge in [0.25, 0.3) is 0 Å². The molecule has 2 rings (SSSR count). The smallest absolute Gasteiger partial charge is 0.325 e. The molecular weight excluding hydrogens is 369 g/mol. The average Bonchev–Trinajstić information content (AvgIpc) is 2.84. The molecule has 1 amide bonds. The molecule has 1 N–H and O–H groups in total. The van der Waals surface area contributed by atoms with E-state index in [1.54, 1.807) is 6.92 Å². The monoisotopic (exact) mass is 380 g/mol. The molecule has 0 saturated heterocycles. The van der Waals surface area contributed by atoms with E-state index in [4.69, 9.17) is 11.6 Å². The zero-order chi connectivity index (χ0) is 17.2. The molecule has 1 unspecified atom stereocenters. The Balaban J connectivity index is 2.13. The third-order valence-corrected chi connectivity index (χ3v) is 5.21. The summed E-state index contributed by atoms with van der Waals surface area (Å²) in [4.78, 5) is 16.3. The van der Waals surface area contributed by atoms with Gasteiger partial charge in [-0.05, 0) is 32.0 Å². The van der Waals surface area contributed by atoms with Crippen LogP contribution in [-0.4, -0.2) is 16.1 Å². The standard InChI is InChI=1S/C14H12ClF3N2OS2/c1-7-6-22-13(19-7)23-8(2)12(21)20-11-4-3-9(15)5-10(11)14(16,17)18/h3-6,8H,1-2H3,(H,20,21). The second-order valence-electron chi connectivity index (χ2n) is 4.69. The maximum atomic E-state index is 13.0. The summed E-state index contributed by atoms with van der Waals surface area (Å²) in [5.74, 6) is -0.532. The lowest BCUT2D eigenvalue weighted by molar-refractivity contribution is -0.137. The van der Waals surface area contributed by atoms with Crippen molar-refractivity contribution in [3.63, 3.8) is 0 Å². The Kier molecular flexibility index (Phi) is 5.59. The third-order valence-electron chi connectivity index (χ3n) is 2.79. The van der Waals surface area contributed by atoms with Crippen molar-refractivity contribution in [2.75, 3.05) is 5.32 Å². The largest absolute Gasteiger partial charge is 0.418 e. The van der Waals surface area contributed by atoms with E-state index in [2.05, 4.69) is 10.3 Å². The van der Waals surface area contributed by atoms with E-state index in [1.165, 1.54) is 29.2 Å². The number of thioether (sulfide) groups is 1. The third kappa shape index (κ3) is 4.86. The maximum absolute atomic E-state index is 13.0. The minimum absolute atomic E-state index is 0.0454. The lowest BCUT2D eigenvalue weighted by atomic mass is 10.1. The molecule has 0 bridgehead atoms. The van der Waals surface area contributed by atoms with Gasteiger partial charge in [0.05, 0.1) is 16.5 Å². The van der Waals surface area contributed by atoms with Crippen molar-refractivity contribution in [2.45, 2.75) is 29.6 Å². The van der Waals surface area contributed by atoms with Gasteiger partial charge in [-0.1, -0.05) is 23.4 Å². The summed E-state index contributed by atoms with van der Waals surface area (Å²) in [7, 11) is 0. The fourth-order valence-electron chi connectivity index (χ4n) is 1.69. The van der Waals surface area contributed by atoms with E-state index in [0.717, 1.165) is 17.8 Å². The van der Waals surface area contributed by atoms with E-state index in [9.17, 15) is 18.0 Å². The van der Waals surface area contributed by atoms with Crippen molar-refractivity contribution in [1.29, 1.82) is 0 Å². The number of rotatable bonds is 4. The number of alkyl halides is 3. The number of nitrogens with zero attached hydrogens (tertiary/aromatic N) is 1. The fourth-order valence-corrected chi connectivity index (χ4v) is 3.84. The first-order chi connectivity index (χ1) is 10.7. The van der Waals surface area contributed by atoms with Gasteiger partial charge in [0, 0.05) is 16.1 Å². The Morgan fingerprint density at radius 3 is 2.70 bits per heavy atom. The molecule has 3 nitrogen and oxygen atoms in total. The van der Waals surface area contributed by atoms with Gasteiger partial charge in [0.15, 0.2) is 4.34 Å². The van der Waals surface area contributed by atoms with Crippen LogP contribution >= 0.6 is 34.7 Å². The average molecular weight is 381 g/mol. The summed E-state index contributed by atoms with van der Waals surface area (Å²) in [6.07, 6.45) is -4.60. The first kappa shape index (κ1) is 18.1. The van der Waals surface area contributed by atoms with Crippen molar-refractivity contribution in [3.8, 4) is 0 Å². The highest BCUT2D eigenvalue weighted by Crippen LogP contribution is 2.37. The molecule has 1 aromatic heterocycles. The number of aryl methyl sites for hydroxylation is 1. The molecule has 0 aliphatic heterocycles. The van der Waals surface area contributed by atoms with E-state index in [-0.39, 0.29) is 10.7 Å². The highest BCUT2D eigenvalue weighted by atomic mass is 35.5. The van der Waals surface area contributed by atoms with Gasteiger partial charge >= 0.3 is 6.18 Å². The molecule has 0 saturated carbocycles. The highest BCUT2D eigenvalue weighted by molar-refractivity contribution is 8.02. The summed E-state index contributed by atoms with van der Waals surface area (Å²) in [5.41, 5.74) is -0.447. The molecule has 1 atom stereocenters. The summed E-state index contributed by atoms with van der Waals surface area (Å²) >= 11 is 8.19. The number of halogens is 4. The van der Waals surface area contributed by atoms with Crippen LogP contribution in [0.25, 0.3) is 0 Å². The van der Waals surface area contributed by atoms with Crippen LogP contribution in [0.4, 0.5) is 18.9 Å². The van der Waals surface area contributed by atoms with E-state index >= 15 is 0 Å². The maximum Gasteiger partial charge on any atom is 0.418 e. The van der Waals surface area contributed by atoms with Crippen LogP contribution in [0.3, 0.4) is 0 Å². The Morgan fingerprint density at radius 2 is 2.13 bits per heavy atom. The molecule has 0 radical (unpaired) electrons. The zero-order valence-electron chi connectivity index (χ0n) is 12.1. The summed E-state index contributed by atoms with van der Waals surface area (Å²) in [6, 6.07) is 3.24. The van der Waals surface area contributed by atoms with Gasteiger partial charge in [-0.25, -0.2) is 4.98 Å². The van der Waals surface area contributed by atoms with Crippen LogP contribution in [0.15, 0.2) is 27.9 Å². The molecule has 0 aliphatic rings. The van der Waals surface area contributed by atoms with Gasteiger partial charge in [-0.3, -0.25) is 4.79 Å². The van der Waals surface area contributed by atoms with Crippen molar-refractivity contribution in [2.24, 2.45) is 0 Å². The first-order valence-electron chi connectivity index (χ1n) is 6.43. The van der Waals surface area contributed by atoms with Crippen molar-refractivity contribution >= 4 is 46.3 Å². The predicted molar refractivity (Wildman–Crippen MR) is 87.3 cm³/mol. The number of hydrogen-bond donors (Lipinski definition) is 1. The summed E-state index contributed by atoms with van der Waals surface area (Å²) in [6.45, 7) is 3.44. The molecule has 0 aliphatic carbocycles. The van der Waals surface area contributed by atoms with Crippen LogP contribution in [-0.2, 0) is 11.0 Å². The topological polar surface area (TPSA) is 42.0 Å². The Bertz CT molecular complexity index is 718. The highest BCUT2D eigenvalue weighted by Gasteiger charge is 2.34. The first-order valence-corrected chi connectivity index (χ1v) is 8.57. The molecule has 2 aromatic rings. The van der Waals surface area contributed by atoms with Gasteiger partial charge in [0.2, 0.25) is 5.91 Å². The van der Waals surface area contributed by atoms with Gasteiger partial charge in [0.1, 0.15) is 0 Å². The summed E-state index contributed by atoms with van der Waals surface area (Å²) in [5, 5.41) is 3.52. The molecule has 124 valence electrons. The molecular formula is C14H12ClF3N2OS2. The van der Waals surface area contributed by atoms with Crippen LogP contribution in [0.2, 0.25) is 5.02 Å². The number of carbonyl (C=O) groups is 1. The Morgan fingerprint density at radius 1 is 1.43 bits per heavy atom. The van der Waals surface area contributed by atoms with Crippen LogP contribution in [0.5, 0.6) is 0 Å².